The summed E-state index contributed by atoms with van der Waals surface area (Å²) in [5.74, 6) is 0. The fourth-order valence-electron chi connectivity index (χ4n) is 2.06. The van der Waals surface area contributed by atoms with Crippen LogP contribution in [0.1, 0.15) is 41.5 Å². The summed E-state index contributed by atoms with van der Waals surface area (Å²) >= 11 is 0. The van der Waals surface area contributed by atoms with E-state index in [4.69, 9.17) is 0 Å². The van der Waals surface area contributed by atoms with E-state index in [1.54, 1.807) is 0 Å². The van der Waals surface area contributed by atoms with E-state index in [1.807, 2.05) is 0 Å². The minimum atomic E-state index is 0.351. The van der Waals surface area contributed by atoms with Crippen molar-refractivity contribution in [3.63, 3.8) is 0 Å². The number of piperazine rings is 1. The first-order valence-corrected chi connectivity index (χ1v) is 6.41. The van der Waals surface area contributed by atoms with Gasteiger partial charge in [0.15, 0.2) is 0 Å². The van der Waals surface area contributed by atoms with Crippen LogP contribution in [0.3, 0.4) is 0 Å². The van der Waals surface area contributed by atoms with Gasteiger partial charge in [-0.1, -0.05) is 32.4 Å². The normalized spacial score (nSPS) is 27.9. The molecule has 2 unspecified atom stereocenters. The highest BCUT2D eigenvalue weighted by Crippen LogP contribution is 2.23. The van der Waals surface area contributed by atoms with Crippen molar-refractivity contribution < 1.29 is 0 Å². The highest BCUT2D eigenvalue weighted by atomic mass is 15.2. The van der Waals surface area contributed by atoms with Crippen molar-refractivity contribution in [1.82, 2.24) is 10.2 Å². The molecule has 1 saturated heterocycles. The van der Waals surface area contributed by atoms with Gasteiger partial charge in [0.2, 0.25) is 0 Å². The van der Waals surface area contributed by atoms with Crippen molar-refractivity contribution >= 4 is 0 Å². The van der Waals surface area contributed by atoms with Crippen molar-refractivity contribution in [3.05, 3.63) is 11.6 Å². The van der Waals surface area contributed by atoms with Gasteiger partial charge in [-0.15, -0.1) is 0 Å². The third-order valence-corrected chi connectivity index (χ3v) is 3.48. The molecule has 2 atom stereocenters. The molecule has 1 heterocycles. The molecule has 0 radical (unpaired) electrons. The lowest BCUT2D eigenvalue weighted by Gasteiger charge is -2.43. The van der Waals surface area contributed by atoms with E-state index >= 15 is 0 Å². The quantitative estimate of drug-likeness (QED) is 0.726. The highest BCUT2D eigenvalue weighted by Gasteiger charge is 2.31. The number of nitrogens with zero attached hydrogens (tertiary/aromatic N) is 1. The Morgan fingerprint density at radius 1 is 1.38 bits per heavy atom. The average Bonchev–Trinajstić information content (AvgIpc) is 2.14. The summed E-state index contributed by atoms with van der Waals surface area (Å²) in [6.45, 7) is 17.0. The van der Waals surface area contributed by atoms with Crippen molar-refractivity contribution in [3.8, 4) is 0 Å². The van der Waals surface area contributed by atoms with Crippen LogP contribution in [0.5, 0.6) is 0 Å². The number of hydrogen-bond acceptors (Lipinski definition) is 2. The zero-order chi connectivity index (χ0) is 12.3. The second kappa shape index (κ2) is 5.33. The first-order chi connectivity index (χ1) is 7.30. The van der Waals surface area contributed by atoms with Crippen LogP contribution in [-0.4, -0.2) is 36.6 Å². The summed E-state index contributed by atoms with van der Waals surface area (Å²) in [7, 11) is 0. The van der Waals surface area contributed by atoms with Crippen LogP contribution in [-0.2, 0) is 0 Å². The summed E-state index contributed by atoms with van der Waals surface area (Å²) in [4.78, 5) is 2.58. The topological polar surface area (TPSA) is 15.3 Å². The molecule has 0 aromatic rings. The van der Waals surface area contributed by atoms with Crippen LogP contribution in [0, 0.1) is 5.41 Å². The fraction of sp³-hybridized carbons (Fsp3) is 0.857. The van der Waals surface area contributed by atoms with Crippen LogP contribution in [0.15, 0.2) is 11.6 Å². The molecule has 1 fully saturated rings. The Bertz CT molecular complexity index is 246. The van der Waals surface area contributed by atoms with Gasteiger partial charge in [-0.2, -0.15) is 0 Å². The van der Waals surface area contributed by atoms with Crippen LogP contribution in [0.25, 0.3) is 0 Å². The van der Waals surface area contributed by atoms with Gasteiger partial charge in [-0.25, -0.2) is 0 Å². The van der Waals surface area contributed by atoms with E-state index in [-0.39, 0.29) is 0 Å². The van der Waals surface area contributed by atoms with Gasteiger partial charge in [0.25, 0.3) is 0 Å². The maximum absolute atomic E-state index is 3.66. The van der Waals surface area contributed by atoms with Gasteiger partial charge in [0.1, 0.15) is 0 Å². The Balaban J connectivity index is 2.59. The number of rotatable bonds is 2. The Morgan fingerprint density at radius 2 is 2.00 bits per heavy atom. The van der Waals surface area contributed by atoms with E-state index in [2.05, 4.69) is 57.8 Å². The zero-order valence-electron chi connectivity index (χ0n) is 11.8. The predicted octanol–water partition coefficient (Wildman–Crippen LogP) is 2.66. The van der Waals surface area contributed by atoms with Crippen LogP contribution >= 0.6 is 0 Å². The molecule has 0 aromatic heterocycles. The third-order valence-electron chi connectivity index (χ3n) is 3.48. The van der Waals surface area contributed by atoms with Gasteiger partial charge in [0.05, 0.1) is 0 Å². The van der Waals surface area contributed by atoms with Crippen molar-refractivity contribution in [2.45, 2.75) is 53.6 Å². The van der Waals surface area contributed by atoms with E-state index in [1.165, 1.54) is 5.57 Å². The Hall–Kier alpha value is -0.340. The lowest BCUT2D eigenvalue weighted by atomic mass is 9.85. The van der Waals surface area contributed by atoms with Crippen molar-refractivity contribution in [1.29, 1.82) is 0 Å². The zero-order valence-corrected chi connectivity index (χ0v) is 11.8. The molecule has 1 aliphatic heterocycles. The van der Waals surface area contributed by atoms with Gasteiger partial charge < -0.3 is 5.32 Å². The van der Waals surface area contributed by atoms with Gasteiger partial charge in [-0.3, -0.25) is 4.90 Å². The lowest BCUT2D eigenvalue weighted by molar-refractivity contribution is 0.104. The van der Waals surface area contributed by atoms with Crippen LogP contribution < -0.4 is 5.32 Å². The maximum Gasteiger partial charge on any atom is 0.0244 e. The summed E-state index contributed by atoms with van der Waals surface area (Å²) in [5, 5.41) is 3.66. The average molecular weight is 224 g/mol. The largest absolute Gasteiger partial charge is 0.311 e. The number of allylic oxidation sites excluding steroid dienone is 1. The van der Waals surface area contributed by atoms with Crippen molar-refractivity contribution in [2.75, 3.05) is 19.6 Å². The molecule has 16 heavy (non-hydrogen) atoms. The van der Waals surface area contributed by atoms with Crippen LogP contribution in [0.4, 0.5) is 0 Å². The maximum atomic E-state index is 3.66. The summed E-state index contributed by atoms with van der Waals surface area (Å²) in [6.07, 6.45) is 2.33. The summed E-state index contributed by atoms with van der Waals surface area (Å²) < 4.78 is 0. The Labute approximate surface area is 101 Å². The second-order valence-electron chi connectivity index (χ2n) is 6.41. The molecule has 0 amide bonds. The molecule has 0 spiro atoms. The molecule has 2 nitrogen and oxygen atoms in total. The highest BCUT2D eigenvalue weighted by molar-refractivity contribution is 4.98. The molecule has 1 N–H and O–H groups in total. The van der Waals surface area contributed by atoms with Crippen molar-refractivity contribution in [2.24, 2.45) is 5.41 Å². The molecular weight excluding hydrogens is 196 g/mol. The molecule has 0 bridgehead atoms. The van der Waals surface area contributed by atoms with Gasteiger partial charge in [-0.05, 0) is 26.2 Å². The second-order valence-corrected chi connectivity index (χ2v) is 6.41. The molecule has 0 saturated carbocycles. The molecular formula is C14H28N2. The third kappa shape index (κ3) is 3.91. The summed E-state index contributed by atoms with van der Waals surface area (Å²) in [6, 6.07) is 1.25. The fourth-order valence-corrected chi connectivity index (χ4v) is 2.06. The van der Waals surface area contributed by atoms with Gasteiger partial charge >= 0.3 is 0 Å². The molecule has 2 heteroatoms. The smallest absolute Gasteiger partial charge is 0.0244 e. The van der Waals surface area contributed by atoms with Crippen LogP contribution in [0.2, 0.25) is 0 Å². The van der Waals surface area contributed by atoms with E-state index in [0.717, 1.165) is 19.6 Å². The minimum absolute atomic E-state index is 0.351. The number of nitrogens with one attached hydrogen (secondary N) is 1. The predicted molar refractivity (Wildman–Crippen MR) is 71.7 cm³/mol. The SMILES string of the molecule is CC(C)=CCN1CC(C(C)(C)C)NCC1C. The molecule has 1 rings (SSSR count). The Morgan fingerprint density at radius 3 is 2.50 bits per heavy atom. The first-order valence-electron chi connectivity index (χ1n) is 6.41. The van der Waals surface area contributed by atoms with E-state index in [0.29, 0.717) is 17.5 Å². The molecule has 0 aromatic carbocycles. The summed E-state index contributed by atoms with van der Waals surface area (Å²) in [5.41, 5.74) is 1.77. The molecule has 1 aliphatic rings. The van der Waals surface area contributed by atoms with E-state index in [9.17, 15) is 0 Å². The molecule has 0 aliphatic carbocycles. The standard InChI is InChI=1S/C14H28N2/c1-11(2)7-8-16-10-13(14(4,5)6)15-9-12(16)3/h7,12-13,15H,8-10H2,1-6H3. The van der Waals surface area contributed by atoms with E-state index < -0.39 is 0 Å². The lowest BCUT2D eigenvalue weighted by Crippen LogP contribution is -2.59. The monoisotopic (exact) mass is 224 g/mol. The Kier molecular flexibility index (Phi) is 4.57. The number of hydrogen-bond donors (Lipinski definition) is 1. The minimum Gasteiger partial charge on any atom is -0.311 e. The van der Waals surface area contributed by atoms with Gasteiger partial charge in [0, 0.05) is 31.7 Å². The first kappa shape index (κ1) is 13.7. The molecule has 94 valence electrons.